The van der Waals surface area contributed by atoms with Crippen molar-refractivity contribution < 1.29 is 9.15 Å². The van der Waals surface area contributed by atoms with E-state index >= 15 is 0 Å². The Morgan fingerprint density at radius 2 is 1.50 bits per heavy atom. The van der Waals surface area contributed by atoms with E-state index in [4.69, 9.17) is 19.1 Å². The summed E-state index contributed by atoms with van der Waals surface area (Å²) in [6.45, 7) is 13.2. The molecule has 0 radical (unpaired) electrons. The van der Waals surface area contributed by atoms with Gasteiger partial charge in [0.15, 0.2) is 0 Å². The topological polar surface area (TPSA) is 61.0 Å². The van der Waals surface area contributed by atoms with Crippen LogP contribution < -0.4 is 4.74 Å². The van der Waals surface area contributed by atoms with Gasteiger partial charge in [-0.2, -0.15) is 0 Å². The molecule has 0 aliphatic rings. The summed E-state index contributed by atoms with van der Waals surface area (Å²) < 4.78 is 13.0. The number of pyridine rings is 3. The fourth-order valence-corrected chi connectivity index (χ4v) is 5.59. The molecule has 3 aromatic carbocycles. The highest BCUT2D eigenvalue weighted by Gasteiger charge is 2.24. The van der Waals surface area contributed by atoms with Crippen molar-refractivity contribution in [2.75, 3.05) is 0 Å². The van der Waals surface area contributed by atoms with Crippen molar-refractivity contribution in [3.8, 4) is 34.1 Å². The average molecular weight is 552 g/mol. The largest absolute Gasteiger partial charge is 0.456 e. The van der Waals surface area contributed by atoms with E-state index in [0.717, 1.165) is 66.7 Å². The lowest BCUT2D eigenvalue weighted by Crippen LogP contribution is -2.14. The molecule has 0 spiro atoms. The van der Waals surface area contributed by atoms with Crippen LogP contribution in [-0.4, -0.2) is 15.0 Å². The van der Waals surface area contributed by atoms with Gasteiger partial charge in [-0.15, -0.1) is 0 Å². The van der Waals surface area contributed by atoms with E-state index < -0.39 is 0 Å². The summed E-state index contributed by atoms with van der Waals surface area (Å²) in [5, 5.41) is 3.26. The molecule has 7 rings (SSSR count). The predicted molar refractivity (Wildman–Crippen MR) is 171 cm³/mol. The van der Waals surface area contributed by atoms with Crippen molar-refractivity contribution in [2.24, 2.45) is 0 Å². The summed E-state index contributed by atoms with van der Waals surface area (Å²) >= 11 is 0. The van der Waals surface area contributed by atoms with Crippen molar-refractivity contribution in [1.82, 2.24) is 15.0 Å². The van der Waals surface area contributed by atoms with Gasteiger partial charge in [-0.1, -0.05) is 65.8 Å². The van der Waals surface area contributed by atoms with Gasteiger partial charge in [-0.25, -0.2) is 4.98 Å². The predicted octanol–water partition coefficient (Wildman–Crippen LogP) is 10.1. The first-order chi connectivity index (χ1) is 20.0. The summed E-state index contributed by atoms with van der Waals surface area (Å²) in [4.78, 5) is 14.2. The van der Waals surface area contributed by atoms with Crippen molar-refractivity contribution in [2.45, 2.75) is 52.4 Å². The van der Waals surface area contributed by atoms with Crippen LogP contribution in [0.2, 0.25) is 0 Å². The molecule has 208 valence electrons. The Bertz CT molecular complexity index is 2080. The quantitative estimate of drug-likeness (QED) is 0.204. The third-order valence-corrected chi connectivity index (χ3v) is 7.87. The van der Waals surface area contributed by atoms with Crippen molar-refractivity contribution >= 4 is 32.8 Å². The normalized spacial score (nSPS) is 12.5. The van der Waals surface area contributed by atoms with Crippen LogP contribution in [0.25, 0.3) is 55.4 Å². The molecule has 0 saturated heterocycles. The average Bonchev–Trinajstić information content (AvgIpc) is 3.35. The molecule has 0 fully saturated rings. The zero-order valence-corrected chi connectivity index (χ0v) is 24.8. The molecule has 42 heavy (non-hydrogen) atoms. The van der Waals surface area contributed by atoms with Crippen LogP contribution in [0.3, 0.4) is 0 Å². The summed E-state index contributed by atoms with van der Waals surface area (Å²) in [5.74, 6) is 1.33. The second kappa shape index (κ2) is 9.38. The van der Waals surface area contributed by atoms with Gasteiger partial charge in [0.2, 0.25) is 5.88 Å². The van der Waals surface area contributed by atoms with E-state index in [0.29, 0.717) is 5.88 Å². The molecule has 0 bridgehead atoms. The molecule has 0 atom stereocenters. The smallest absolute Gasteiger partial charge is 0.223 e. The van der Waals surface area contributed by atoms with Gasteiger partial charge in [0.05, 0.1) is 22.3 Å². The molecule has 0 unspecified atom stereocenters. The molecule has 0 saturated carbocycles. The molecule has 5 heteroatoms. The second-order valence-electron chi connectivity index (χ2n) is 13.1. The van der Waals surface area contributed by atoms with Gasteiger partial charge in [0, 0.05) is 28.7 Å². The summed E-state index contributed by atoms with van der Waals surface area (Å²) in [7, 11) is 0. The van der Waals surface area contributed by atoms with Crippen LogP contribution in [-0.2, 0) is 10.8 Å². The molecule has 0 amide bonds. The third kappa shape index (κ3) is 4.55. The number of benzene rings is 3. The minimum Gasteiger partial charge on any atom is -0.456 e. The summed E-state index contributed by atoms with van der Waals surface area (Å²) in [5.41, 5.74) is 8.30. The first-order valence-electron chi connectivity index (χ1n) is 14.3. The molecule has 0 aliphatic heterocycles. The van der Waals surface area contributed by atoms with Gasteiger partial charge in [0.25, 0.3) is 0 Å². The van der Waals surface area contributed by atoms with E-state index in [1.807, 2.05) is 48.7 Å². The maximum Gasteiger partial charge on any atom is 0.223 e. The Balaban J connectivity index is 1.38. The number of hydrogen-bond acceptors (Lipinski definition) is 5. The monoisotopic (exact) mass is 551 g/mol. The Labute approximate surface area is 245 Å². The lowest BCUT2D eigenvalue weighted by molar-refractivity contribution is 0.435. The van der Waals surface area contributed by atoms with Gasteiger partial charge < -0.3 is 9.15 Å². The molecule has 7 aromatic rings. The summed E-state index contributed by atoms with van der Waals surface area (Å²) in [6, 6.07) is 26.8. The fraction of sp³-hybridized carbons (Fsp3) is 0.216. The Kier molecular flexibility index (Phi) is 5.84. The number of furan rings is 1. The summed E-state index contributed by atoms with van der Waals surface area (Å²) in [6.07, 6.45) is 3.72. The van der Waals surface area contributed by atoms with Gasteiger partial charge in [0.1, 0.15) is 16.9 Å². The number of hydrogen-bond donors (Lipinski definition) is 0. The standard InChI is InChI=1S/C37H33N3O2/c1-36(2,3)25-17-23(22-16-24-21-39-30-11-9-12-31-34(30)33(24)32(19-22)42-31)18-26(20-25)41-35-27(37(4,5)6)13-14-29(40-35)28-10-7-8-15-38-28/h7-21H,1-6H3. The first kappa shape index (κ1) is 26.1. The molecule has 4 aromatic heterocycles. The maximum atomic E-state index is 6.71. The van der Waals surface area contributed by atoms with Crippen LogP contribution in [0.4, 0.5) is 0 Å². The minimum absolute atomic E-state index is 0.0989. The SMILES string of the molecule is CC(C)(C)c1cc(Oc2nc(-c3ccccn3)ccc2C(C)(C)C)cc(-c2cc3cnc4cccc5oc(c2)c3c45)c1. The third-order valence-electron chi connectivity index (χ3n) is 7.87. The number of aromatic nitrogens is 3. The zero-order valence-electron chi connectivity index (χ0n) is 24.8. The van der Waals surface area contributed by atoms with Crippen LogP contribution in [0.1, 0.15) is 52.7 Å². The lowest BCUT2D eigenvalue weighted by Gasteiger charge is -2.24. The number of nitrogens with zero attached hydrogens (tertiary/aromatic N) is 3. The Morgan fingerprint density at radius 3 is 2.26 bits per heavy atom. The molecule has 0 aliphatic carbocycles. The molecule has 0 N–H and O–H groups in total. The van der Waals surface area contributed by atoms with Crippen molar-refractivity contribution in [3.05, 3.63) is 102 Å². The van der Waals surface area contributed by atoms with Crippen LogP contribution in [0.15, 0.2) is 95.7 Å². The van der Waals surface area contributed by atoms with Crippen LogP contribution >= 0.6 is 0 Å². The van der Waals surface area contributed by atoms with Gasteiger partial charge in [-0.05, 0) is 82.1 Å². The number of rotatable bonds is 4. The van der Waals surface area contributed by atoms with E-state index in [-0.39, 0.29) is 10.8 Å². The van der Waals surface area contributed by atoms with Gasteiger partial charge in [-0.3, -0.25) is 9.97 Å². The lowest BCUT2D eigenvalue weighted by atomic mass is 9.85. The molecular weight excluding hydrogens is 518 g/mol. The highest BCUT2D eigenvalue weighted by Crippen LogP contribution is 2.41. The highest BCUT2D eigenvalue weighted by atomic mass is 16.5. The number of ether oxygens (including phenoxy) is 1. The van der Waals surface area contributed by atoms with E-state index in [2.05, 4.69) is 82.9 Å². The Hall–Kier alpha value is -4.77. The van der Waals surface area contributed by atoms with E-state index in [1.165, 1.54) is 5.56 Å². The second-order valence-corrected chi connectivity index (χ2v) is 13.1. The van der Waals surface area contributed by atoms with Gasteiger partial charge >= 0.3 is 0 Å². The molecular formula is C37H33N3O2. The zero-order chi connectivity index (χ0) is 29.2. The van der Waals surface area contributed by atoms with E-state index in [1.54, 1.807) is 6.20 Å². The highest BCUT2D eigenvalue weighted by molar-refractivity contribution is 6.21. The fourth-order valence-electron chi connectivity index (χ4n) is 5.59. The maximum absolute atomic E-state index is 6.71. The van der Waals surface area contributed by atoms with Crippen molar-refractivity contribution in [1.29, 1.82) is 0 Å². The van der Waals surface area contributed by atoms with Crippen LogP contribution in [0, 0.1) is 0 Å². The van der Waals surface area contributed by atoms with Crippen molar-refractivity contribution in [3.63, 3.8) is 0 Å². The minimum atomic E-state index is -0.164. The van der Waals surface area contributed by atoms with Crippen LogP contribution in [0.5, 0.6) is 11.6 Å². The van der Waals surface area contributed by atoms with E-state index in [9.17, 15) is 0 Å². The molecule has 5 nitrogen and oxygen atoms in total. The molecule has 4 heterocycles. The Morgan fingerprint density at radius 1 is 0.667 bits per heavy atom. The first-order valence-corrected chi connectivity index (χ1v) is 14.3.